The van der Waals surface area contributed by atoms with E-state index in [1.807, 2.05) is 5.43 Å². The molecule has 0 unspecified atom stereocenters. The summed E-state index contributed by atoms with van der Waals surface area (Å²) in [4.78, 5) is 14.9. The predicted molar refractivity (Wildman–Crippen MR) is 88.5 cm³/mol. The second-order valence-corrected chi connectivity index (χ2v) is 7.36. The lowest BCUT2D eigenvalue weighted by Crippen LogP contribution is -2.27. The Morgan fingerprint density at radius 2 is 1.85 bits per heavy atom. The van der Waals surface area contributed by atoms with Crippen molar-refractivity contribution in [2.45, 2.75) is 11.2 Å². The van der Waals surface area contributed by atoms with Crippen molar-refractivity contribution in [2.75, 3.05) is 5.75 Å². The fraction of sp³-hybridized carbons (Fsp3) is 0.133. The van der Waals surface area contributed by atoms with Crippen LogP contribution in [0.5, 0.6) is 0 Å². The first kappa shape index (κ1) is 19.9. The van der Waals surface area contributed by atoms with Gasteiger partial charge in [-0.05, 0) is 29.8 Å². The van der Waals surface area contributed by atoms with Crippen LogP contribution in [0.2, 0.25) is 5.02 Å². The van der Waals surface area contributed by atoms with Crippen LogP contribution >= 0.6 is 11.6 Å². The summed E-state index contributed by atoms with van der Waals surface area (Å²) in [6, 6.07) is 7.73. The highest BCUT2D eigenvalue weighted by atomic mass is 35.5. The Balaban J connectivity index is 1.99. The average Bonchev–Trinajstić information content (AvgIpc) is 2.55. The Morgan fingerprint density at radius 1 is 1.19 bits per heavy atom. The quantitative estimate of drug-likeness (QED) is 0.612. The van der Waals surface area contributed by atoms with Gasteiger partial charge in [-0.3, -0.25) is 4.79 Å². The van der Waals surface area contributed by atoms with Gasteiger partial charge in [0.15, 0.2) is 5.03 Å². The number of amides is 1. The minimum atomic E-state index is -4.64. The highest BCUT2D eigenvalue weighted by Gasteiger charge is 2.31. The molecule has 0 atom stereocenters. The van der Waals surface area contributed by atoms with Gasteiger partial charge in [-0.1, -0.05) is 23.7 Å². The molecule has 0 aliphatic carbocycles. The molecule has 1 heterocycles. The average molecular weight is 406 g/mol. The molecule has 26 heavy (non-hydrogen) atoms. The lowest BCUT2D eigenvalue weighted by molar-refractivity contribution is -0.137. The number of sulfone groups is 1. The molecule has 11 heteroatoms. The van der Waals surface area contributed by atoms with Crippen molar-refractivity contribution in [1.82, 2.24) is 10.4 Å². The molecule has 0 aliphatic rings. The van der Waals surface area contributed by atoms with Crippen LogP contribution in [-0.4, -0.2) is 31.3 Å². The van der Waals surface area contributed by atoms with Gasteiger partial charge < -0.3 is 0 Å². The van der Waals surface area contributed by atoms with E-state index in [0.717, 1.165) is 0 Å². The Morgan fingerprint density at radius 3 is 2.38 bits per heavy atom. The topological polar surface area (TPSA) is 88.5 Å². The zero-order valence-corrected chi connectivity index (χ0v) is 14.4. The number of benzene rings is 1. The van der Waals surface area contributed by atoms with E-state index in [1.54, 1.807) is 24.3 Å². The van der Waals surface area contributed by atoms with Gasteiger partial charge in [0.25, 0.3) is 5.91 Å². The maximum atomic E-state index is 12.5. The van der Waals surface area contributed by atoms with E-state index in [9.17, 15) is 26.4 Å². The molecule has 0 saturated carbocycles. The fourth-order valence-corrected chi connectivity index (χ4v) is 2.91. The van der Waals surface area contributed by atoms with Crippen molar-refractivity contribution in [2.24, 2.45) is 5.10 Å². The third-order valence-corrected chi connectivity index (χ3v) is 4.75. The number of nitrogens with one attached hydrogen (secondary N) is 1. The summed E-state index contributed by atoms with van der Waals surface area (Å²) in [5, 5.41) is 3.47. The van der Waals surface area contributed by atoms with Crippen LogP contribution < -0.4 is 5.43 Å². The smallest absolute Gasteiger partial charge is 0.272 e. The maximum absolute atomic E-state index is 12.5. The molecule has 1 N–H and O–H groups in total. The summed E-state index contributed by atoms with van der Waals surface area (Å²) in [5.74, 6) is -1.97. The number of hydrogen-bond acceptors (Lipinski definition) is 5. The molecule has 0 radical (unpaired) electrons. The lowest BCUT2D eigenvalue weighted by atomic mass is 10.2. The number of hydrazone groups is 1. The Labute approximate surface area is 151 Å². The van der Waals surface area contributed by atoms with Crippen LogP contribution in [0.1, 0.15) is 11.1 Å². The molecule has 1 aromatic carbocycles. The molecule has 2 aromatic rings. The molecule has 0 spiro atoms. The van der Waals surface area contributed by atoms with Crippen LogP contribution in [-0.2, 0) is 20.8 Å². The van der Waals surface area contributed by atoms with Gasteiger partial charge in [-0.15, -0.1) is 0 Å². The van der Waals surface area contributed by atoms with Crippen LogP contribution in [0.15, 0.2) is 52.7 Å². The number of aromatic nitrogens is 1. The SMILES string of the molecule is O=C(CS(=O)(=O)c1ccc(C(F)(F)F)cn1)N/N=C\c1ccc(Cl)cc1. The molecular weight excluding hydrogens is 395 g/mol. The van der Waals surface area contributed by atoms with Crippen molar-refractivity contribution in [3.05, 3.63) is 58.7 Å². The number of hydrogen-bond donors (Lipinski definition) is 1. The van der Waals surface area contributed by atoms with Crippen molar-refractivity contribution >= 4 is 33.6 Å². The van der Waals surface area contributed by atoms with E-state index in [0.29, 0.717) is 28.9 Å². The zero-order chi connectivity index (χ0) is 19.4. The molecule has 2 rings (SSSR count). The van der Waals surface area contributed by atoms with E-state index in [2.05, 4.69) is 10.1 Å². The first-order valence-corrected chi connectivity index (χ1v) is 8.94. The summed E-state index contributed by atoms with van der Waals surface area (Å²) in [6.07, 6.45) is -2.97. The molecule has 0 fully saturated rings. The number of halogens is 4. The second kappa shape index (κ2) is 7.83. The van der Waals surface area contributed by atoms with E-state index in [-0.39, 0.29) is 0 Å². The zero-order valence-electron chi connectivity index (χ0n) is 12.9. The first-order valence-electron chi connectivity index (χ1n) is 6.91. The molecule has 138 valence electrons. The van der Waals surface area contributed by atoms with E-state index in [4.69, 9.17) is 11.6 Å². The maximum Gasteiger partial charge on any atom is 0.417 e. The van der Waals surface area contributed by atoms with Gasteiger partial charge in [-0.25, -0.2) is 18.8 Å². The summed E-state index contributed by atoms with van der Waals surface area (Å²) >= 11 is 5.71. The largest absolute Gasteiger partial charge is 0.417 e. The number of alkyl halides is 3. The minimum Gasteiger partial charge on any atom is -0.272 e. The molecule has 0 saturated heterocycles. The third kappa shape index (κ3) is 5.53. The van der Waals surface area contributed by atoms with Gasteiger partial charge in [0.1, 0.15) is 5.75 Å². The number of pyridine rings is 1. The second-order valence-electron chi connectivity index (χ2n) is 4.99. The fourth-order valence-electron chi connectivity index (χ4n) is 1.74. The Bertz CT molecular complexity index is 912. The molecule has 0 bridgehead atoms. The molecule has 0 aliphatic heterocycles. The minimum absolute atomic E-state index is 0.392. The van der Waals surface area contributed by atoms with Crippen LogP contribution in [0.25, 0.3) is 0 Å². The van der Waals surface area contributed by atoms with E-state index < -0.39 is 38.3 Å². The predicted octanol–water partition coefficient (Wildman–Crippen LogP) is 2.68. The molecule has 6 nitrogen and oxygen atoms in total. The number of carbonyl (C=O) groups excluding carboxylic acids is 1. The lowest BCUT2D eigenvalue weighted by Gasteiger charge is -2.07. The molecular formula is C15H11ClF3N3O3S. The standard InChI is InChI=1S/C15H11ClF3N3O3S/c16-12-4-1-10(2-5-12)7-21-22-13(23)9-26(24,25)14-6-3-11(8-20-14)15(17,18)19/h1-8H,9H2,(H,22,23)/b21-7-. The Kier molecular flexibility index (Phi) is 5.98. The molecule has 1 amide bonds. The third-order valence-electron chi connectivity index (χ3n) is 2.98. The van der Waals surface area contributed by atoms with Crippen molar-refractivity contribution in [1.29, 1.82) is 0 Å². The van der Waals surface area contributed by atoms with Crippen molar-refractivity contribution in [3.8, 4) is 0 Å². The van der Waals surface area contributed by atoms with Crippen molar-refractivity contribution in [3.63, 3.8) is 0 Å². The van der Waals surface area contributed by atoms with E-state index in [1.165, 1.54) is 6.21 Å². The normalized spacial score (nSPS) is 12.3. The highest BCUT2D eigenvalue weighted by molar-refractivity contribution is 7.92. The summed E-state index contributed by atoms with van der Waals surface area (Å²) in [6.45, 7) is 0. The first-order chi connectivity index (χ1) is 12.1. The Hall–Kier alpha value is -2.46. The summed E-state index contributed by atoms with van der Waals surface area (Å²) < 4.78 is 61.4. The summed E-state index contributed by atoms with van der Waals surface area (Å²) in [5.41, 5.74) is 1.54. The number of rotatable bonds is 5. The highest BCUT2D eigenvalue weighted by Crippen LogP contribution is 2.28. The van der Waals surface area contributed by atoms with Gasteiger partial charge in [-0.2, -0.15) is 18.3 Å². The van der Waals surface area contributed by atoms with Gasteiger partial charge >= 0.3 is 6.18 Å². The number of nitrogens with zero attached hydrogens (tertiary/aromatic N) is 2. The monoisotopic (exact) mass is 405 g/mol. The van der Waals surface area contributed by atoms with Crippen molar-refractivity contribution < 1.29 is 26.4 Å². The van der Waals surface area contributed by atoms with Crippen LogP contribution in [0.3, 0.4) is 0 Å². The van der Waals surface area contributed by atoms with Gasteiger partial charge in [0.05, 0.1) is 11.8 Å². The van der Waals surface area contributed by atoms with Gasteiger partial charge in [0, 0.05) is 11.2 Å². The number of carbonyl (C=O) groups is 1. The van der Waals surface area contributed by atoms with Crippen LogP contribution in [0.4, 0.5) is 13.2 Å². The van der Waals surface area contributed by atoms with Gasteiger partial charge in [0.2, 0.25) is 9.84 Å². The molecule has 1 aromatic heterocycles. The van der Waals surface area contributed by atoms with Crippen LogP contribution in [0, 0.1) is 0 Å². The summed E-state index contributed by atoms with van der Waals surface area (Å²) in [7, 11) is -4.20. The van der Waals surface area contributed by atoms with E-state index >= 15 is 0 Å².